The summed E-state index contributed by atoms with van der Waals surface area (Å²) in [6, 6.07) is 9.79. The smallest absolute Gasteiger partial charge is 0.181 e. The maximum atomic E-state index is 9.29. The highest BCUT2D eigenvalue weighted by molar-refractivity contribution is 5.77. The molecule has 0 unspecified atom stereocenters. The van der Waals surface area contributed by atoms with Crippen molar-refractivity contribution in [1.82, 2.24) is 15.2 Å². The molecule has 2 aromatic heterocycles. The lowest BCUT2D eigenvalue weighted by Crippen LogP contribution is -2.16. The van der Waals surface area contributed by atoms with Gasteiger partial charge in [-0.25, -0.2) is 4.98 Å². The summed E-state index contributed by atoms with van der Waals surface area (Å²) in [4.78, 5) is 4.22. The first-order chi connectivity index (χ1) is 11.4. The van der Waals surface area contributed by atoms with Crippen molar-refractivity contribution in [3.8, 4) is 11.8 Å². The van der Waals surface area contributed by atoms with Gasteiger partial charge in [0.2, 0.25) is 0 Å². The number of rotatable bonds is 3. The summed E-state index contributed by atoms with van der Waals surface area (Å²) in [5.41, 5.74) is 4.16. The lowest BCUT2D eigenvalue weighted by atomic mass is 9.82. The normalized spacial score (nSPS) is 11.5. The van der Waals surface area contributed by atoms with E-state index in [1.165, 1.54) is 0 Å². The van der Waals surface area contributed by atoms with E-state index in [1.807, 2.05) is 31.2 Å². The van der Waals surface area contributed by atoms with Crippen LogP contribution >= 0.6 is 0 Å². The summed E-state index contributed by atoms with van der Waals surface area (Å²) in [7, 11) is 0. The van der Waals surface area contributed by atoms with E-state index in [0.717, 1.165) is 28.0 Å². The minimum Gasteiger partial charge on any atom is -0.487 e. The molecule has 0 aliphatic carbocycles. The number of ether oxygens (including phenoxy) is 1. The second kappa shape index (κ2) is 5.97. The predicted octanol–water partition coefficient (Wildman–Crippen LogP) is 4.01. The Bertz CT molecular complexity index is 929. The number of hydrogen-bond donors (Lipinski definition) is 1. The number of fused-ring (bicyclic) bond motifs is 1. The molecule has 0 aliphatic heterocycles. The van der Waals surface area contributed by atoms with Crippen LogP contribution in [0, 0.1) is 18.3 Å². The standard InChI is InChI=1S/C19H20N4O/c1-12-13(10-20)7-8-16(17(12)19(2,3)4)24-11-15-14-6-5-9-21-18(14)23-22-15/h5-9H,11H2,1-4H3,(H,21,22,23). The van der Waals surface area contributed by atoms with Gasteiger partial charge < -0.3 is 4.74 Å². The Balaban J connectivity index is 1.96. The molecule has 122 valence electrons. The van der Waals surface area contributed by atoms with Gasteiger partial charge in [0.05, 0.1) is 17.3 Å². The van der Waals surface area contributed by atoms with E-state index >= 15 is 0 Å². The van der Waals surface area contributed by atoms with Crippen molar-refractivity contribution in [2.45, 2.75) is 39.7 Å². The zero-order valence-corrected chi connectivity index (χ0v) is 14.3. The number of benzene rings is 1. The molecule has 0 aliphatic rings. The first-order valence-corrected chi connectivity index (χ1v) is 7.87. The Kier molecular flexibility index (Phi) is 3.98. The number of pyridine rings is 1. The molecule has 5 nitrogen and oxygen atoms in total. The van der Waals surface area contributed by atoms with Crippen LogP contribution in [0.1, 0.15) is 43.2 Å². The zero-order chi connectivity index (χ0) is 17.3. The van der Waals surface area contributed by atoms with Crippen molar-refractivity contribution in [3.63, 3.8) is 0 Å². The van der Waals surface area contributed by atoms with Gasteiger partial charge >= 0.3 is 0 Å². The SMILES string of the molecule is Cc1c(C#N)ccc(OCc2[nH]nc3ncccc23)c1C(C)(C)C. The molecule has 3 aromatic rings. The molecule has 5 heteroatoms. The average Bonchev–Trinajstić information content (AvgIpc) is 2.95. The molecule has 1 N–H and O–H groups in total. The fourth-order valence-corrected chi connectivity index (χ4v) is 3.02. The second-order valence-electron chi connectivity index (χ2n) is 6.84. The molecule has 0 atom stereocenters. The van der Waals surface area contributed by atoms with Crippen molar-refractivity contribution < 1.29 is 4.74 Å². The number of hydrogen-bond acceptors (Lipinski definition) is 4. The highest BCUT2D eigenvalue weighted by atomic mass is 16.5. The van der Waals surface area contributed by atoms with Crippen molar-refractivity contribution in [2.24, 2.45) is 0 Å². The van der Waals surface area contributed by atoms with E-state index in [1.54, 1.807) is 6.20 Å². The average molecular weight is 320 g/mol. The monoisotopic (exact) mass is 320 g/mol. The lowest BCUT2D eigenvalue weighted by molar-refractivity contribution is 0.293. The molecule has 1 aromatic carbocycles. The van der Waals surface area contributed by atoms with E-state index in [4.69, 9.17) is 4.74 Å². The summed E-state index contributed by atoms with van der Waals surface area (Å²) in [6.07, 6.45) is 1.72. The second-order valence-corrected chi connectivity index (χ2v) is 6.84. The van der Waals surface area contributed by atoms with Gasteiger partial charge in [-0.1, -0.05) is 20.8 Å². The van der Waals surface area contributed by atoms with Gasteiger partial charge in [0.1, 0.15) is 12.4 Å². The van der Waals surface area contributed by atoms with Crippen LogP contribution in [0.3, 0.4) is 0 Å². The van der Waals surface area contributed by atoms with E-state index in [9.17, 15) is 5.26 Å². The van der Waals surface area contributed by atoms with Crippen molar-refractivity contribution in [3.05, 3.63) is 52.8 Å². The topological polar surface area (TPSA) is 74.6 Å². The molecule has 0 spiro atoms. The Labute approximate surface area is 141 Å². The molecule has 24 heavy (non-hydrogen) atoms. The highest BCUT2D eigenvalue weighted by Crippen LogP contribution is 2.36. The van der Waals surface area contributed by atoms with E-state index in [-0.39, 0.29) is 5.41 Å². The van der Waals surface area contributed by atoms with Gasteiger partial charge in [0, 0.05) is 17.1 Å². The fourth-order valence-electron chi connectivity index (χ4n) is 3.02. The van der Waals surface area contributed by atoms with Gasteiger partial charge in [-0.05, 0) is 42.2 Å². The summed E-state index contributed by atoms with van der Waals surface area (Å²) >= 11 is 0. The molecule has 0 radical (unpaired) electrons. The van der Waals surface area contributed by atoms with Crippen LogP contribution in [0.5, 0.6) is 5.75 Å². The Hall–Kier alpha value is -2.87. The van der Waals surface area contributed by atoms with E-state index < -0.39 is 0 Å². The first-order valence-electron chi connectivity index (χ1n) is 7.87. The van der Waals surface area contributed by atoms with Crippen LogP contribution < -0.4 is 4.74 Å². The summed E-state index contributed by atoms with van der Waals surface area (Å²) in [5.74, 6) is 0.797. The van der Waals surface area contributed by atoms with Crippen LogP contribution in [-0.4, -0.2) is 15.2 Å². The minimum atomic E-state index is -0.121. The molecular weight excluding hydrogens is 300 g/mol. The van der Waals surface area contributed by atoms with Crippen LogP contribution in [-0.2, 0) is 12.0 Å². The summed E-state index contributed by atoms with van der Waals surface area (Å²) in [6.45, 7) is 8.72. The summed E-state index contributed by atoms with van der Waals surface area (Å²) < 4.78 is 6.09. The van der Waals surface area contributed by atoms with Crippen LogP contribution in [0.2, 0.25) is 0 Å². The van der Waals surface area contributed by atoms with Crippen LogP contribution in [0.4, 0.5) is 0 Å². The molecule has 3 rings (SSSR count). The third-order valence-electron chi connectivity index (χ3n) is 4.08. The lowest BCUT2D eigenvalue weighted by Gasteiger charge is -2.25. The molecule has 0 fully saturated rings. The van der Waals surface area contributed by atoms with Crippen molar-refractivity contribution >= 4 is 11.0 Å². The Morgan fingerprint density at radius 2 is 2.04 bits per heavy atom. The number of nitrogens with zero attached hydrogens (tertiary/aromatic N) is 3. The molecular formula is C19H20N4O. The fraction of sp³-hybridized carbons (Fsp3) is 0.316. The molecule has 0 amide bonds. The number of aromatic nitrogens is 3. The molecule has 2 heterocycles. The third-order valence-corrected chi connectivity index (χ3v) is 4.08. The van der Waals surface area contributed by atoms with Crippen molar-refractivity contribution in [2.75, 3.05) is 0 Å². The molecule has 0 saturated heterocycles. The van der Waals surface area contributed by atoms with Gasteiger partial charge in [0.25, 0.3) is 0 Å². The van der Waals surface area contributed by atoms with E-state index in [2.05, 4.69) is 42.0 Å². The van der Waals surface area contributed by atoms with Crippen LogP contribution in [0.25, 0.3) is 11.0 Å². The molecule has 0 bridgehead atoms. The quantitative estimate of drug-likeness (QED) is 0.791. The number of nitriles is 1. The predicted molar refractivity (Wildman–Crippen MR) is 92.8 cm³/mol. The Morgan fingerprint density at radius 1 is 1.25 bits per heavy atom. The first kappa shape index (κ1) is 16.0. The minimum absolute atomic E-state index is 0.121. The van der Waals surface area contributed by atoms with Crippen molar-refractivity contribution in [1.29, 1.82) is 5.26 Å². The number of nitrogens with one attached hydrogen (secondary N) is 1. The highest BCUT2D eigenvalue weighted by Gasteiger charge is 2.23. The van der Waals surface area contributed by atoms with Crippen LogP contribution in [0.15, 0.2) is 30.5 Å². The van der Waals surface area contributed by atoms with Gasteiger partial charge in [-0.2, -0.15) is 10.4 Å². The van der Waals surface area contributed by atoms with Gasteiger partial charge in [-0.15, -0.1) is 0 Å². The maximum Gasteiger partial charge on any atom is 0.181 e. The largest absolute Gasteiger partial charge is 0.487 e. The van der Waals surface area contributed by atoms with E-state index in [0.29, 0.717) is 17.8 Å². The van der Waals surface area contributed by atoms with Gasteiger partial charge in [0.15, 0.2) is 5.65 Å². The third kappa shape index (κ3) is 2.83. The maximum absolute atomic E-state index is 9.29. The Morgan fingerprint density at radius 3 is 2.75 bits per heavy atom. The number of aromatic amines is 1. The number of H-pyrrole nitrogens is 1. The summed E-state index contributed by atoms with van der Waals surface area (Å²) in [5, 5.41) is 17.4. The molecule has 0 saturated carbocycles. The van der Waals surface area contributed by atoms with Gasteiger partial charge in [-0.3, -0.25) is 5.10 Å². The zero-order valence-electron chi connectivity index (χ0n) is 14.3.